The minimum atomic E-state index is -0.0705. The molecule has 2 aromatic carbocycles. The Morgan fingerprint density at radius 3 is 1.23 bits per heavy atom. The van der Waals surface area contributed by atoms with Gasteiger partial charge in [0, 0.05) is 10.8 Å². The molecule has 0 fully saturated rings. The summed E-state index contributed by atoms with van der Waals surface area (Å²) < 4.78 is 18.0. The zero-order valence-corrected chi connectivity index (χ0v) is 20.8. The topological polar surface area (TPSA) is 27.7 Å². The summed E-state index contributed by atoms with van der Waals surface area (Å²) in [5.41, 5.74) is 2.37. The maximum atomic E-state index is 6.23. The third kappa shape index (κ3) is 7.57. The van der Waals surface area contributed by atoms with E-state index in [1.807, 2.05) is 0 Å². The molecule has 0 spiro atoms. The highest BCUT2D eigenvalue weighted by Crippen LogP contribution is 2.29. The monoisotopic (exact) mass is 426 g/mol. The van der Waals surface area contributed by atoms with E-state index >= 15 is 0 Å². The predicted molar refractivity (Wildman–Crippen MR) is 131 cm³/mol. The van der Waals surface area contributed by atoms with E-state index in [9.17, 15) is 0 Å². The first-order valence-corrected chi connectivity index (χ1v) is 11.7. The van der Waals surface area contributed by atoms with Crippen LogP contribution in [0.25, 0.3) is 0 Å². The standard InChI is InChI=1S/C28H42O3/c1-9-21(3)30-25-15-11-23(12-16-25)27(5,6)19-29-20-28(7,8)24-13-17-26(18-14-24)31-22(4)10-2/h11-18,21-22H,9-10,19-20H2,1-8H3. The summed E-state index contributed by atoms with van der Waals surface area (Å²) >= 11 is 0. The van der Waals surface area contributed by atoms with Crippen LogP contribution in [0.2, 0.25) is 0 Å². The van der Waals surface area contributed by atoms with Crippen LogP contribution < -0.4 is 9.47 Å². The second kappa shape index (κ2) is 11.0. The molecule has 2 unspecified atom stereocenters. The highest BCUT2D eigenvalue weighted by Gasteiger charge is 2.25. The van der Waals surface area contributed by atoms with E-state index in [4.69, 9.17) is 14.2 Å². The van der Waals surface area contributed by atoms with Crippen LogP contribution in [0.15, 0.2) is 48.5 Å². The van der Waals surface area contributed by atoms with Gasteiger partial charge in [0.05, 0.1) is 25.4 Å². The molecule has 3 nitrogen and oxygen atoms in total. The van der Waals surface area contributed by atoms with Crippen molar-refractivity contribution in [2.24, 2.45) is 0 Å². The van der Waals surface area contributed by atoms with Crippen molar-refractivity contribution in [2.75, 3.05) is 13.2 Å². The Morgan fingerprint density at radius 1 is 0.613 bits per heavy atom. The first-order chi connectivity index (χ1) is 14.6. The number of rotatable bonds is 12. The van der Waals surface area contributed by atoms with Gasteiger partial charge in [-0.1, -0.05) is 65.8 Å². The van der Waals surface area contributed by atoms with Crippen LogP contribution in [0.4, 0.5) is 0 Å². The van der Waals surface area contributed by atoms with Crippen LogP contribution in [-0.2, 0) is 15.6 Å². The zero-order chi connectivity index (χ0) is 23.1. The lowest BCUT2D eigenvalue weighted by Crippen LogP contribution is -2.30. The van der Waals surface area contributed by atoms with Crippen molar-refractivity contribution in [3.05, 3.63) is 59.7 Å². The number of hydrogen-bond donors (Lipinski definition) is 0. The summed E-state index contributed by atoms with van der Waals surface area (Å²) in [4.78, 5) is 0. The van der Waals surface area contributed by atoms with Crippen LogP contribution in [-0.4, -0.2) is 25.4 Å². The zero-order valence-electron chi connectivity index (χ0n) is 20.8. The van der Waals surface area contributed by atoms with E-state index in [1.54, 1.807) is 0 Å². The SMILES string of the molecule is CCC(C)Oc1ccc(C(C)(C)COCC(C)(C)c2ccc(OC(C)CC)cc2)cc1. The fourth-order valence-corrected chi connectivity index (χ4v) is 3.33. The average Bonchev–Trinajstić information content (AvgIpc) is 2.74. The van der Waals surface area contributed by atoms with Crippen molar-refractivity contribution in [1.29, 1.82) is 0 Å². The summed E-state index contributed by atoms with van der Waals surface area (Å²) in [5.74, 6) is 1.86. The van der Waals surface area contributed by atoms with Gasteiger partial charge in [0.2, 0.25) is 0 Å². The molecule has 0 saturated carbocycles. The van der Waals surface area contributed by atoms with Crippen molar-refractivity contribution < 1.29 is 14.2 Å². The van der Waals surface area contributed by atoms with E-state index in [-0.39, 0.29) is 23.0 Å². The van der Waals surface area contributed by atoms with Crippen LogP contribution in [0.1, 0.15) is 79.4 Å². The summed E-state index contributed by atoms with van der Waals surface area (Å²) in [5, 5.41) is 0. The molecule has 0 radical (unpaired) electrons. The van der Waals surface area contributed by atoms with Gasteiger partial charge in [0.15, 0.2) is 0 Å². The minimum Gasteiger partial charge on any atom is -0.491 e. The molecule has 2 aromatic rings. The number of benzene rings is 2. The lowest BCUT2D eigenvalue weighted by molar-refractivity contribution is 0.0633. The highest BCUT2D eigenvalue weighted by atomic mass is 16.5. The van der Waals surface area contributed by atoms with E-state index in [1.165, 1.54) is 11.1 Å². The minimum absolute atomic E-state index is 0.0705. The van der Waals surface area contributed by atoms with Crippen molar-refractivity contribution in [3.8, 4) is 11.5 Å². The van der Waals surface area contributed by atoms with Gasteiger partial charge in [-0.3, -0.25) is 0 Å². The molecule has 0 aromatic heterocycles. The molecule has 3 heteroatoms. The second-order valence-electron chi connectivity index (χ2n) is 9.98. The van der Waals surface area contributed by atoms with Gasteiger partial charge >= 0.3 is 0 Å². The molecule has 2 rings (SSSR count). The predicted octanol–water partition coefficient (Wildman–Crippen LogP) is 7.31. The van der Waals surface area contributed by atoms with Gasteiger partial charge in [-0.25, -0.2) is 0 Å². The molecule has 0 N–H and O–H groups in total. The molecular formula is C28H42O3. The van der Waals surface area contributed by atoms with Crippen LogP contribution >= 0.6 is 0 Å². The third-order valence-electron chi connectivity index (χ3n) is 6.02. The Kier molecular flexibility index (Phi) is 9.00. The summed E-state index contributed by atoms with van der Waals surface area (Å²) in [7, 11) is 0. The smallest absolute Gasteiger partial charge is 0.119 e. The summed E-state index contributed by atoms with van der Waals surface area (Å²) in [6, 6.07) is 16.9. The maximum absolute atomic E-state index is 6.23. The molecule has 0 heterocycles. The van der Waals surface area contributed by atoms with Crippen LogP contribution in [0.3, 0.4) is 0 Å². The van der Waals surface area contributed by atoms with E-state index in [2.05, 4.69) is 104 Å². The normalized spacial score (nSPS) is 14.2. The van der Waals surface area contributed by atoms with Crippen LogP contribution in [0.5, 0.6) is 11.5 Å². The van der Waals surface area contributed by atoms with Gasteiger partial charge in [-0.2, -0.15) is 0 Å². The van der Waals surface area contributed by atoms with E-state index in [0.29, 0.717) is 13.2 Å². The van der Waals surface area contributed by atoms with Crippen molar-refractivity contribution in [3.63, 3.8) is 0 Å². The number of hydrogen-bond acceptors (Lipinski definition) is 3. The molecule has 0 aliphatic rings. The van der Waals surface area contributed by atoms with Crippen molar-refractivity contribution in [2.45, 2.75) is 91.3 Å². The third-order valence-corrected chi connectivity index (χ3v) is 6.02. The molecule has 0 saturated heterocycles. The largest absolute Gasteiger partial charge is 0.491 e. The van der Waals surface area contributed by atoms with E-state index < -0.39 is 0 Å². The van der Waals surface area contributed by atoms with Gasteiger partial charge in [0.1, 0.15) is 11.5 Å². The fourth-order valence-electron chi connectivity index (χ4n) is 3.33. The van der Waals surface area contributed by atoms with Gasteiger partial charge in [-0.05, 0) is 62.1 Å². The molecule has 172 valence electrons. The molecule has 0 aliphatic carbocycles. The molecule has 0 bridgehead atoms. The Bertz CT molecular complexity index is 707. The Balaban J connectivity index is 1.92. The Morgan fingerprint density at radius 2 is 0.935 bits per heavy atom. The quantitative estimate of drug-likeness (QED) is 0.356. The lowest BCUT2D eigenvalue weighted by Gasteiger charge is -2.30. The Hall–Kier alpha value is -2.00. The van der Waals surface area contributed by atoms with E-state index in [0.717, 1.165) is 24.3 Å². The number of ether oxygens (including phenoxy) is 3. The van der Waals surface area contributed by atoms with Crippen molar-refractivity contribution >= 4 is 0 Å². The van der Waals surface area contributed by atoms with Gasteiger partial charge in [-0.15, -0.1) is 0 Å². The Labute approximate surface area is 190 Å². The molecule has 31 heavy (non-hydrogen) atoms. The first-order valence-electron chi connectivity index (χ1n) is 11.7. The van der Waals surface area contributed by atoms with Gasteiger partial charge < -0.3 is 14.2 Å². The molecule has 2 atom stereocenters. The molecule has 0 amide bonds. The molecule has 0 aliphatic heterocycles. The lowest BCUT2D eigenvalue weighted by atomic mass is 9.84. The summed E-state index contributed by atoms with van der Waals surface area (Å²) in [6.45, 7) is 18.7. The average molecular weight is 427 g/mol. The van der Waals surface area contributed by atoms with Gasteiger partial charge in [0.25, 0.3) is 0 Å². The second-order valence-corrected chi connectivity index (χ2v) is 9.98. The maximum Gasteiger partial charge on any atom is 0.119 e. The highest BCUT2D eigenvalue weighted by molar-refractivity contribution is 5.33. The fraction of sp³-hybridized carbons (Fsp3) is 0.571. The van der Waals surface area contributed by atoms with Crippen molar-refractivity contribution in [1.82, 2.24) is 0 Å². The molecular weight excluding hydrogens is 384 g/mol. The summed E-state index contributed by atoms with van der Waals surface area (Å²) in [6.07, 6.45) is 2.48. The van der Waals surface area contributed by atoms with Crippen LogP contribution in [0, 0.1) is 0 Å². The first kappa shape index (κ1) is 25.3.